The summed E-state index contributed by atoms with van der Waals surface area (Å²) in [4.78, 5) is 10.8. The maximum atomic E-state index is 11.2. The van der Waals surface area contributed by atoms with Crippen LogP contribution < -0.4 is 0 Å². The fourth-order valence-corrected chi connectivity index (χ4v) is 1.93. The Bertz CT molecular complexity index is 438. The van der Waals surface area contributed by atoms with Gasteiger partial charge in [0.05, 0.1) is 23.7 Å². The second kappa shape index (κ2) is 9.47. The minimum absolute atomic E-state index is 0.0543. The molecule has 0 aliphatic carbocycles. The minimum Gasteiger partial charge on any atom is -0.348 e. The van der Waals surface area contributed by atoms with Gasteiger partial charge in [-0.25, -0.2) is 0 Å². The number of hydrogen-bond acceptors (Lipinski definition) is 4. The highest BCUT2D eigenvalue weighted by Crippen LogP contribution is 2.30. The molecule has 118 valence electrons. The Morgan fingerprint density at radius 2 is 1.71 bits per heavy atom. The minimum atomic E-state index is -0.664. The Balaban J connectivity index is 2.93. The highest BCUT2D eigenvalue weighted by Gasteiger charge is 2.23. The molecule has 1 aromatic carbocycles. The van der Waals surface area contributed by atoms with Gasteiger partial charge in [0.15, 0.2) is 6.29 Å². The molecule has 0 bridgehead atoms. The highest BCUT2D eigenvalue weighted by molar-refractivity contribution is 5.43. The van der Waals surface area contributed by atoms with Gasteiger partial charge in [-0.2, -0.15) is 0 Å². The standard InChI is InChI=1S/C16H25NO4/c1-4-6-10-20-16(21-11-7-5-2)14-12-13(3)8-9-15(14)17(18)19/h8-9,12,16H,4-7,10-11H2,1-3H3. The molecule has 5 heteroatoms. The summed E-state index contributed by atoms with van der Waals surface area (Å²) in [6.07, 6.45) is 3.18. The van der Waals surface area contributed by atoms with Crippen LogP contribution in [-0.2, 0) is 9.47 Å². The zero-order valence-electron chi connectivity index (χ0n) is 13.1. The lowest BCUT2D eigenvalue weighted by molar-refractivity contribution is -0.387. The van der Waals surface area contributed by atoms with Crippen LogP contribution >= 0.6 is 0 Å². The summed E-state index contributed by atoms with van der Waals surface area (Å²) in [5.74, 6) is 0. The summed E-state index contributed by atoms with van der Waals surface area (Å²) in [5, 5.41) is 11.2. The van der Waals surface area contributed by atoms with E-state index >= 15 is 0 Å². The quantitative estimate of drug-likeness (QED) is 0.275. The summed E-state index contributed by atoms with van der Waals surface area (Å²) in [6.45, 7) is 7.13. The number of unbranched alkanes of at least 4 members (excludes halogenated alkanes) is 2. The average molecular weight is 295 g/mol. The zero-order chi connectivity index (χ0) is 15.7. The number of hydrogen-bond donors (Lipinski definition) is 0. The van der Waals surface area contributed by atoms with Crippen LogP contribution in [0, 0.1) is 17.0 Å². The molecule has 0 fully saturated rings. The molecule has 0 N–H and O–H groups in total. The smallest absolute Gasteiger partial charge is 0.277 e. The molecule has 1 aromatic rings. The maximum absolute atomic E-state index is 11.2. The van der Waals surface area contributed by atoms with Crippen molar-refractivity contribution in [1.82, 2.24) is 0 Å². The van der Waals surface area contributed by atoms with E-state index in [-0.39, 0.29) is 10.6 Å². The molecule has 0 aliphatic rings. The van der Waals surface area contributed by atoms with Crippen molar-refractivity contribution in [3.63, 3.8) is 0 Å². The van der Waals surface area contributed by atoms with Crippen LogP contribution in [0.5, 0.6) is 0 Å². The van der Waals surface area contributed by atoms with E-state index in [0.717, 1.165) is 31.2 Å². The molecule has 0 radical (unpaired) electrons. The van der Waals surface area contributed by atoms with E-state index in [0.29, 0.717) is 18.8 Å². The van der Waals surface area contributed by atoms with Gasteiger partial charge in [0.2, 0.25) is 0 Å². The summed E-state index contributed by atoms with van der Waals surface area (Å²) < 4.78 is 11.5. The summed E-state index contributed by atoms with van der Waals surface area (Å²) >= 11 is 0. The summed E-state index contributed by atoms with van der Waals surface area (Å²) in [6, 6.07) is 5.03. The van der Waals surface area contributed by atoms with Crippen LogP contribution in [0.4, 0.5) is 5.69 Å². The van der Waals surface area contributed by atoms with E-state index in [2.05, 4.69) is 13.8 Å². The normalized spacial score (nSPS) is 11.0. The molecule has 0 spiro atoms. The monoisotopic (exact) mass is 295 g/mol. The van der Waals surface area contributed by atoms with Gasteiger partial charge in [0.1, 0.15) is 0 Å². The molecule has 5 nitrogen and oxygen atoms in total. The first-order valence-electron chi connectivity index (χ1n) is 7.58. The van der Waals surface area contributed by atoms with Crippen molar-refractivity contribution in [2.45, 2.75) is 52.7 Å². The molecule has 0 atom stereocenters. The van der Waals surface area contributed by atoms with Gasteiger partial charge in [-0.05, 0) is 25.8 Å². The number of rotatable bonds is 10. The summed E-state index contributed by atoms with van der Waals surface area (Å²) in [7, 11) is 0. The topological polar surface area (TPSA) is 61.6 Å². The van der Waals surface area contributed by atoms with Crippen LogP contribution in [-0.4, -0.2) is 18.1 Å². The van der Waals surface area contributed by atoms with Crippen LogP contribution in [0.2, 0.25) is 0 Å². The first kappa shape index (κ1) is 17.6. The number of nitro benzene ring substituents is 1. The Morgan fingerprint density at radius 1 is 1.14 bits per heavy atom. The number of nitrogens with zero attached hydrogens (tertiary/aromatic N) is 1. The second-order valence-electron chi connectivity index (χ2n) is 5.10. The molecular formula is C16H25NO4. The van der Waals surface area contributed by atoms with Gasteiger partial charge in [-0.15, -0.1) is 0 Å². The third kappa shape index (κ3) is 5.81. The molecule has 0 amide bonds. The summed E-state index contributed by atoms with van der Waals surface area (Å²) in [5.41, 5.74) is 1.52. The van der Waals surface area contributed by atoms with Gasteiger partial charge in [-0.1, -0.05) is 38.3 Å². The fourth-order valence-electron chi connectivity index (χ4n) is 1.93. The largest absolute Gasteiger partial charge is 0.348 e. The van der Waals surface area contributed by atoms with Crippen molar-refractivity contribution in [2.24, 2.45) is 0 Å². The molecule has 0 aliphatic heterocycles. The van der Waals surface area contributed by atoms with Gasteiger partial charge in [0.25, 0.3) is 5.69 Å². The fraction of sp³-hybridized carbons (Fsp3) is 0.625. The second-order valence-corrected chi connectivity index (χ2v) is 5.10. The third-order valence-electron chi connectivity index (χ3n) is 3.17. The predicted molar refractivity (Wildman–Crippen MR) is 82.3 cm³/mol. The van der Waals surface area contributed by atoms with E-state index < -0.39 is 6.29 Å². The Labute approximate surface area is 126 Å². The van der Waals surface area contributed by atoms with E-state index in [1.807, 2.05) is 6.92 Å². The average Bonchev–Trinajstić information content (AvgIpc) is 2.45. The van der Waals surface area contributed by atoms with Crippen LogP contribution in [0.1, 0.15) is 56.9 Å². The molecular weight excluding hydrogens is 270 g/mol. The van der Waals surface area contributed by atoms with Gasteiger partial charge < -0.3 is 9.47 Å². The van der Waals surface area contributed by atoms with Crippen LogP contribution in [0.25, 0.3) is 0 Å². The first-order valence-corrected chi connectivity index (χ1v) is 7.58. The van der Waals surface area contributed by atoms with Crippen LogP contribution in [0.15, 0.2) is 18.2 Å². The molecule has 0 aromatic heterocycles. The molecule has 0 unspecified atom stereocenters. The van der Waals surface area contributed by atoms with Gasteiger partial charge >= 0.3 is 0 Å². The number of nitro groups is 1. The van der Waals surface area contributed by atoms with E-state index in [1.54, 1.807) is 12.1 Å². The molecule has 0 saturated carbocycles. The van der Waals surface area contributed by atoms with Gasteiger partial charge in [0, 0.05) is 6.07 Å². The first-order chi connectivity index (χ1) is 10.1. The number of ether oxygens (including phenoxy) is 2. The van der Waals surface area contributed by atoms with Crippen molar-refractivity contribution in [1.29, 1.82) is 0 Å². The van der Waals surface area contributed by atoms with Crippen molar-refractivity contribution >= 4 is 5.69 Å². The number of benzene rings is 1. The zero-order valence-corrected chi connectivity index (χ0v) is 13.1. The molecule has 1 rings (SSSR count). The lowest BCUT2D eigenvalue weighted by Crippen LogP contribution is -2.13. The van der Waals surface area contributed by atoms with E-state index in [1.165, 1.54) is 6.07 Å². The van der Waals surface area contributed by atoms with E-state index in [4.69, 9.17) is 9.47 Å². The molecule has 0 heterocycles. The SMILES string of the molecule is CCCCOC(OCCCC)c1cc(C)ccc1[N+](=O)[O-]. The third-order valence-corrected chi connectivity index (χ3v) is 3.17. The Morgan fingerprint density at radius 3 is 2.19 bits per heavy atom. The van der Waals surface area contributed by atoms with E-state index in [9.17, 15) is 10.1 Å². The van der Waals surface area contributed by atoms with Crippen molar-refractivity contribution in [3.8, 4) is 0 Å². The number of aryl methyl sites for hydroxylation is 1. The lowest BCUT2D eigenvalue weighted by Gasteiger charge is -2.19. The Hall–Kier alpha value is -1.46. The Kier molecular flexibility index (Phi) is 7.93. The molecule has 21 heavy (non-hydrogen) atoms. The lowest BCUT2D eigenvalue weighted by atomic mass is 10.1. The highest BCUT2D eigenvalue weighted by atomic mass is 16.7. The van der Waals surface area contributed by atoms with Crippen molar-refractivity contribution < 1.29 is 14.4 Å². The predicted octanol–water partition coefficient (Wildman–Crippen LogP) is 4.54. The van der Waals surface area contributed by atoms with Crippen LogP contribution in [0.3, 0.4) is 0 Å². The van der Waals surface area contributed by atoms with Crippen molar-refractivity contribution in [2.75, 3.05) is 13.2 Å². The van der Waals surface area contributed by atoms with Crippen molar-refractivity contribution in [3.05, 3.63) is 39.4 Å². The maximum Gasteiger partial charge on any atom is 0.277 e. The molecule has 0 saturated heterocycles. The van der Waals surface area contributed by atoms with Gasteiger partial charge in [-0.3, -0.25) is 10.1 Å².